The second-order valence-corrected chi connectivity index (χ2v) is 6.05. The normalized spacial score (nSPS) is 12.1. The van der Waals surface area contributed by atoms with Crippen molar-refractivity contribution in [2.75, 3.05) is 0 Å². The number of carbonyl (C=O) groups is 1. The predicted molar refractivity (Wildman–Crippen MR) is 92.7 cm³/mol. The zero-order valence-corrected chi connectivity index (χ0v) is 14.1. The minimum atomic E-state index is -0.743. The molecule has 0 unspecified atom stereocenters. The summed E-state index contributed by atoms with van der Waals surface area (Å²) in [6, 6.07) is 11.4. The van der Waals surface area contributed by atoms with E-state index in [0.29, 0.717) is 20.9 Å². The smallest absolute Gasteiger partial charge is 0.338 e. The molecule has 2 aromatic carbocycles. The van der Waals surface area contributed by atoms with Gasteiger partial charge in [0.15, 0.2) is 11.9 Å². The summed E-state index contributed by atoms with van der Waals surface area (Å²) in [5.74, 6) is -0.345. The number of para-hydroxylation sites is 1. The van der Waals surface area contributed by atoms with Gasteiger partial charge in [0.05, 0.1) is 16.5 Å². The van der Waals surface area contributed by atoms with Crippen molar-refractivity contribution in [1.82, 2.24) is 9.97 Å². The lowest BCUT2D eigenvalue weighted by Gasteiger charge is -2.13. The number of hydrogen-bond donors (Lipinski definition) is 1. The Morgan fingerprint density at radius 3 is 2.54 bits per heavy atom. The van der Waals surface area contributed by atoms with Crippen LogP contribution in [0.3, 0.4) is 0 Å². The van der Waals surface area contributed by atoms with Gasteiger partial charge >= 0.3 is 5.97 Å². The number of halogens is 2. The van der Waals surface area contributed by atoms with Gasteiger partial charge in [-0.15, -0.1) is 0 Å². The molecule has 0 aliphatic carbocycles. The molecular weight excluding hydrogens is 351 g/mol. The van der Waals surface area contributed by atoms with E-state index in [-0.39, 0.29) is 16.9 Å². The van der Waals surface area contributed by atoms with Gasteiger partial charge in [0.25, 0.3) is 5.56 Å². The Bertz CT molecular complexity index is 965. The van der Waals surface area contributed by atoms with E-state index in [2.05, 4.69) is 9.97 Å². The number of rotatable bonds is 3. The van der Waals surface area contributed by atoms with E-state index in [9.17, 15) is 9.59 Å². The van der Waals surface area contributed by atoms with Gasteiger partial charge in [0.1, 0.15) is 0 Å². The minimum Gasteiger partial charge on any atom is -0.451 e. The van der Waals surface area contributed by atoms with E-state index >= 15 is 0 Å². The van der Waals surface area contributed by atoms with Gasteiger partial charge in [-0.3, -0.25) is 4.79 Å². The average molecular weight is 363 g/mol. The van der Waals surface area contributed by atoms with Crippen LogP contribution in [-0.4, -0.2) is 15.9 Å². The summed E-state index contributed by atoms with van der Waals surface area (Å²) in [5.41, 5.74) is 0.469. The van der Waals surface area contributed by atoms with E-state index in [0.717, 1.165) is 0 Å². The standard InChI is InChI=1S/C17H12Cl2N2O3/c1-9(24-17(23)10-6-11(18)8-12(19)7-10)15-20-14-5-3-2-4-13(14)16(22)21-15/h2-9H,1H3,(H,20,21,22)/t9-/m0/s1. The number of nitrogens with one attached hydrogen (secondary N) is 1. The quantitative estimate of drug-likeness (QED) is 0.710. The largest absolute Gasteiger partial charge is 0.451 e. The number of H-pyrrole nitrogens is 1. The maximum Gasteiger partial charge on any atom is 0.338 e. The lowest BCUT2D eigenvalue weighted by atomic mass is 10.2. The fraction of sp³-hybridized carbons (Fsp3) is 0.118. The molecule has 24 heavy (non-hydrogen) atoms. The molecule has 7 heteroatoms. The lowest BCUT2D eigenvalue weighted by Crippen LogP contribution is -2.17. The van der Waals surface area contributed by atoms with Gasteiger partial charge in [-0.1, -0.05) is 35.3 Å². The molecule has 0 spiro atoms. The number of fused-ring (bicyclic) bond motifs is 1. The molecule has 1 aromatic heterocycles. The van der Waals surface area contributed by atoms with Crippen LogP contribution in [-0.2, 0) is 4.74 Å². The van der Waals surface area contributed by atoms with Crippen LogP contribution in [0.4, 0.5) is 0 Å². The van der Waals surface area contributed by atoms with Gasteiger partial charge in [-0.05, 0) is 37.3 Å². The molecule has 1 atom stereocenters. The third-order valence-electron chi connectivity index (χ3n) is 3.40. The van der Waals surface area contributed by atoms with Crippen molar-refractivity contribution in [3.8, 4) is 0 Å². The van der Waals surface area contributed by atoms with Crippen LogP contribution < -0.4 is 5.56 Å². The SMILES string of the molecule is C[C@H](OC(=O)c1cc(Cl)cc(Cl)c1)c1nc2ccccc2c(=O)[nH]1. The molecule has 0 fully saturated rings. The van der Waals surface area contributed by atoms with Crippen LogP contribution in [0.25, 0.3) is 10.9 Å². The van der Waals surface area contributed by atoms with Gasteiger partial charge in [0.2, 0.25) is 0 Å². The number of ether oxygens (including phenoxy) is 1. The van der Waals surface area contributed by atoms with Gasteiger partial charge < -0.3 is 9.72 Å². The predicted octanol–water partition coefficient (Wildman–Crippen LogP) is 4.15. The van der Waals surface area contributed by atoms with Crippen LogP contribution in [0.15, 0.2) is 47.3 Å². The second kappa shape index (κ2) is 6.63. The summed E-state index contributed by atoms with van der Waals surface area (Å²) in [6.45, 7) is 1.62. The van der Waals surface area contributed by atoms with Crippen molar-refractivity contribution in [2.45, 2.75) is 13.0 Å². The number of aromatic amines is 1. The zero-order valence-electron chi connectivity index (χ0n) is 12.5. The molecule has 0 aliphatic rings. The van der Waals surface area contributed by atoms with Crippen LogP contribution in [0, 0.1) is 0 Å². The van der Waals surface area contributed by atoms with Crippen LogP contribution >= 0.6 is 23.2 Å². The van der Waals surface area contributed by atoms with Crippen molar-refractivity contribution in [2.24, 2.45) is 0 Å². The lowest BCUT2D eigenvalue weighted by molar-refractivity contribution is 0.0320. The summed E-state index contributed by atoms with van der Waals surface area (Å²) in [5, 5.41) is 1.14. The Hall–Kier alpha value is -2.37. The van der Waals surface area contributed by atoms with Gasteiger partial charge in [0, 0.05) is 10.0 Å². The average Bonchev–Trinajstić information content (AvgIpc) is 2.53. The number of benzene rings is 2. The third-order valence-corrected chi connectivity index (χ3v) is 3.83. The van der Waals surface area contributed by atoms with E-state index in [1.807, 2.05) is 0 Å². The molecule has 3 aromatic rings. The van der Waals surface area contributed by atoms with E-state index < -0.39 is 12.1 Å². The Labute approximate surface area is 147 Å². The first kappa shape index (κ1) is 16.5. The summed E-state index contributed by atoms with van der Waals surface area (Å²) in [7, 11) is 0. The Kier molecular flexibility index (Phi) is 4.55. The zero-order chi connectivity index (χ0) is 17.3. The minimum absolute atomic E-state index is 0.225. The highest BCUT2D eigenvalue weighted by Gasteiger charge is 2.17. The summed E-state index contributed by atoms with van der Waals surface area (Å²) < 4.78 is 5.35. The first-order valence-electron chi connectivity index (χ1n) is 7.10. The fourth-order valence-electron chi connectivity index (χ4n) is 2.25. The number of esters is 1. The monoisotopic (exact) mass is 362 g/mol. The van der Waals surface area contributed by atoms with Crippen LogP contribution in [0.2, 0.25) is 10.0 Å². The van der Waals surface area contributed by atoms with Gasteiger partial charge in [-0.2, -0.15) is 0 Å². The number of nitrogens with zero attached hydrogens (tertiary/aromatic N) is 1. The Balaban J connectivity index is 1.88. The third kappa shape index (κ3) is 3.42. The summed E-state index contributed by atoms with van der Waals surface area (Å²) >= 11 is 11.8. The molecule has 1 N–H and O–H groups in total. The highest BCUT2D eigenvalue weighted by Crippen LogP contribution is 2.22. The Morgan fingerprint density at radius 1 is 1.17 bits per heavy atom. The molecule has 3 rings (SSSR count). The molecule has 122 valence electrons. The molecule has 0 saturated heterocycles. The molecule has 5 nitrogen and oxygen atoms in total. The molecule has 0 amide bonds. The molecule has 1 heterocycles. The highest BCUT2D eigenvalue weighted by atomic mass is 35.5. The maximum absolute atomic E-state index is 12.2. The van der Waals surface area contributed by atoms with Gasteiger partial charge in [-0.25, -0.2) is 9.78 Å². The highest BCUT2D eigenvalue weighted by molar-refractivity contribution is 6.35. The molecular formula is C17H12Cl2N2O3. The van der Waals surface area contributed by atoms with Crippen LogP contribution in [0.5, 0.6) is 0 Å². The van der Waals surface area contributed by atoms with Crippen molar-refractivity contribution < 1.29 is 9.53 Å². The molecule has 0 bridgehead atoms. The first-order chi connectivity index (χ1) is 11.4. The van der Waals surface area contributed by atoms with Crippen LogP contribution in [0.1, 0.15) is 29.2 Å². The Morgan fingerprint density at radius 2 is 1.83 bits per heavy atom. The number of aromatic nitrogens is 2. The second-order valence-electron chi connectivity index (χ2n) is 5.17. The van der Waals surface area contributed by atoms with Crippen molar-refractivity contribution in [1.29, 1.82) is 0 Å². The summed E-state index contributed by atoms with van der Waals surface area (Å²) in [4.78, 5) is 31.3. The number of carbonyl (C=O) groups excluding carboxylic acids is 1. The topological polar surface area (TPSA) is 72.0 Å². The summed E-state index contributed by atoms with van der Waals surface area (Å²) in [6.07, 6.45) is -0.743. The van der Waals surface area contributed by atoms with Crippen molar-refractivity contribution in [3.05, 3.63) is 74.3 Å². The van der Waals surface area contributed by atoms with Crippen molar-refractivity contribution >= 4 is 40.1 Å². The van der Waals surface area contributed by atoms with E-state index in [1.165, 1.54) is 18.2 Å². The number of hydrogen-bond acceptors (Lipinski definition) is 4. The van der Waals surface area contributed by atoms with E-state index in [4.69, 9.17) is 27.9 Å². The van der Waals surface area contributed by atoms with E-state index in [1.54, 1.807) is 31.2 Å². The molecule has 0 aliphatic heterocycles. The first-order valence-corrected chi connectivity index (χ1v) is 7.85. The molecule has 0 radical (unpaired) electrons. The fourth-order valence-corrected chi connectivity index (χ4v) is 2.78. The maximum atomic E-state index is 12.2. The molecule has 0 saturated carbocycles. The van der Waals surface area contributed by atoms with Crippen molar-refractivity contribution in [3.63, 3.8) is 0 Å².